The van der Waals surface area contributed by atoms with Crippen LogP contribution >= 0.6 is 46.4 Å². The van der Waals surface area contributed by atoms with Gasteiger partial charge in [0.1, 0.15) is 30.3 Å². The van der Waals surface area contributed by atoms with Crippen molar-refractivity contribution in [3.05, 3.63) is 103 Å². The van der Waals surface area contributed by atoms with Crippen LogP contribution in [0.25, 0.3) is 20.7 Å². The van der Waals surface area contributed by atoms with Crippen molar-refractivity contribution in [2.75, 3.05) is 0 Å². The summed E-state index contributed by atoms with van der Waals surface area (Å²) in [5, 5.41) is 18.2. The molecule has 4 aromatic carbocycles. The van der Waals surface area contributed by atoms with Crippen LogP contribution < -0.4 is 0 Å². The Morgan fingerprint density at radius 2 is 0.923 bits per heavy atom. The Balaban J connectivity index is 0.000000311. The van der Waals surface area contributed by atoms with Gasteiger partial charge in [-0.15, -0.1) is 0 Å². The Hall–Kier alpha value is -3.08. The molecule has 0 saturated carbocycles. The van der Waals surface area contributed by atoms with Crippen LogP contribution in [-0.2, 0) is 20.2 Å². The van der Waals surface area contributed by atoms with Gasteiger partial charge in [0.15, 0.2) is 9.95 Å². The van der Waals surface area contributed by atoms with E-state index in [1.807, 2.05) is 0 Å². The second-order valence-electron chi connectivity index (χ2n) is 6.91. The number of halogens is 4. The first kappa shape index (κ1) is 33.9. The molecule has 204 valence electrons. The topological polar surface area (TPSA) is 202 Å². The summed E-state index contributed by atoms with van der Waals surface area (Å²) in [5.41, 5.74) is 0.650. The van der Waals surface area contributed by atoms with Crippen molar-refractivity contribution in [1.82, 2.24) is 0 Å². The molecule has 4 aromatic rings. The summed E-state index contributed by atoms with van der Waals surface area (Å²) in [4.78, 5) is 4.74. The summed E-state index contributed by atoms with van der Waals surface area (Å²) in [7, 11) is -9.48. The van der Waals surface area contributed by atoms with Crippen molar-refractivity contribution in [3.8, 4) is 0 Å². The van der Waals surface area contributed by atoms with Crippen molar-refractivity contribution in [3.63, 3.8) is 0 Å². The van der Waals surface area contributed by atoms with Crippen LogP contribution in [0.2, 0.25) is 20.1 Å². The average molecular weight is 652 g/mol. The van der Waals surface area contributed by atoms with E-state index in [9.17, 15) is 25.9 Å². The SMILES string of the molecule is N#[N+]c1ccc(Cl)cc1Cl.N#[N+]c1ccc(Cl)cc1Cl.O.O=S(=O)([O-])c1cccc2c(S(=O)(=O)[O-])cccc12. The van der Waals surface area contributed by atoms with Crippen LogP contribution in [0.1, 0.15) is 0 Å². The molecule has 0 fully saturated rings. The number of nitrogens with zero attached hydrogens (tertiary/aromatic N) is 4. The summed E-state index contributed by atoms with van der Waals surface area (Å²) in [6, 6.07) is 16.4. The molecule has 0 unspecified atom stereocenters. The normalized spacial score (nSPS) is 10.5. The van der Waals surface area contributed by atoms with E-state index in [1.165, 1.54) is 48.5 Å². The Kier molecular flexibility index (Phi) is 12.5. The minimum Gasteiger partial charge on any atom is -0.744 e. The molecule has 0 saturated heterocycles. The molecule has 39 heavy (non-hydrogen) atoms. The van der Waals surface area contributed by atoms with E-state index in [-0.39, 0.29) is 16.2 Å². The third kappa shape index (κ3) is 9.56. The van der Waals surface area contributed by atoms with Gasteiger partial charge in [-0.25, -0.2) is 16.8 Å². The summed E-state index contributed by atoms with van der Waals surface area (Å²) < 4.78 is 66.1. The molecular formula is C22H14Cl4N4O7S2. The lowest BCUT2D eigenvalue weighted by Crippen LogP contribution is -2.03. The first-order chi connectivity index (χ1) is 17.7. The first-order valence-electron chi connectivity index (χ1n) is 9.73. The number of benzene rings is 4. The van der Waals surface area contributed by atoms with Gasteiger partial charge >= 0.3 is 11.4 Å². The van der Waals surface area contributed by atoms with Crippen molar-refractivity contribution in [2.24, 2.45) is 0 Å². The highest BCUT2D eigenvalue weighted by Crippen LogP contribution is 2.29. The van der Waals surface area contributed by atoms with Crippen LogP contribution in [0.5, 0.6) is 0 Å². The largest absolute Gasteiger partial charge is 0.744 e. The molecular weight excluding hydrogens is 638 g/mol. The maximum Gasteiger partial charge on any atom is 0.403 e. The maximum atomic E-state index is 11.0. The van der Waals surface area contributed by atoms with Gasteiger partial charge in [0, 0.05) is 33.0 Å². The fraction of sp³-hybridized carbons (Fsp3) is 0. The van der Waals surface area contributed by atoms with E-state index in [4.69, 9.17) is 57.2 Å². The standard InChI is InChI=1S/C10H8O6S2.2C6H3Cl2N2.H2O/c11-17(12,13)9-5-1-3-7-8(9)4-2-6-10(7)18(14,15)16;2*7-4-1-2-6(10-9)5(8)3-4;/h1-6H,(H,11,12,13)(H,14,15,16);2*1-3H;1H2/q;2*+1;/p-2. The fourth-order valence-corrected chi connectivity index (χ4v) is 5.09. The van der Waals surface area contributed by atoms with Crippen LogP contribution in [0.3, 0.4) is 0 Å². The molecule has 0 aliphatic carbocycles. The molecule has 0 heterocycles. The van der Waals surface area contributed by atoms with Crippen LogP contribution in [0.15, 0.2) is 82.6 Å². The van der Waals surface area contributed by atoms with Crippen molar-refractivity contribution < 1.29 is 31.4 Å². The molecule has 0 aromatic heterocycles. The smallest absolute Gasteiger partial charge is 0.403 e. The molecule has 0 aliphatic heterocycles. The van der Waals surface area contributed by atoms with Crippen molar-refractivity contribution >= 4 is 88.8 Å². The predicted octanol–water partition coefficient (Wildman–Crippen LogP) is 6.78. The van der Waals surface area contributed by atoms with Gasteiger partial charge in [0.2, 0.25) is 10.8 Å². The zero-order chi connectivity index (χ0) is 28.7. The van der Waals surface area contributed by atoms with E-state index in [0.717, 1.165) is 12.1 Å². The van der Waals surface area contributed by atoms with E-state index >= 15 is 0 Å². The van der Waals surface area contributed by atoms with Gasteiger partial charge in [0.25, 0.3) is 0 Å². The first-order valence-corrected chi connectivity index (χ1v) is 14.1. The molecule has 0 spiro atoms. The average Bonchev–Trinajstić information content (AvgIpc) is 2.83. The minimum absolute atomic E-state index is 0. The van der Waals surface area contributed by atoms with Gasteiger partial charge in [-0.05, 0) is 36.4 Å². The van der Waals surface area contributed by atoms with Crippen molar-refractivity contribution in [1.29, 1.82) is 10.8 Å². The molecule has 4 rings (SSSR count). The molecule has 11 nitrogen and oxygen atoms in total. The Morgan fingerprint density at radius 1 is 0.590 bits per heavy atom. The number of rotatable bonds is 2. The highest BCUT2D eigenvalue weighted by atomic mass is 35.5. The fourth-order valence-electron chi connectivity index (χ4n) is 2.81. The molecule has 0 amide bonds. The highest BCUT2D eigenvalue weighted by Gasteiger charge is 2.13. The number of diazo groups is 2. The molecule has 2 N–H and O–H groups in total. The second kappa shape index (κ2) is 14.3. The summed E-state index contributed by atoms with van der Waals surface area (Å²) in [5.74, 6) is 0. The van der Waals surface area contributed by atoms with E-state index in [0.29, 0.717) is 31.5 Å². The zero-order valence-electron chi connectivity index (χ0n) is 19.0. The molecule has 0 bridgehead atoms. The van der Waals surface area contributed by atoms with E-state index in [2.05, 4.69) is 9.95 Å². The number of hydrogen-bond acceptors (Lipinski definition) is 8. The molecule has 0 atom stereocenters. The summed E-state index contributed by atoms with van der Waals surface area (Å²) >= 11 is 22.3. The third-order valence-corrected chi connectivity index (χ3v) is 7.28. The van der Waals surface area contributed by atoms with Crippen molar-refractivity contribution in [2.45, 2.75) is 9.79 Å². The molecule has 17 heteroatoms. The van der Waals surface area contributed by atoms with Crippen LogP contribution in [0.4, 0.5) is 11.4 Å². The molecule has 0 radical (unpaired) electrons. The molecule has 0 aliphatic rings. The Morgan fingerprint density at radius 3 is 1.18 bits per heavy atom. The van der Waals surface area contributed by atoms with Gasteiger partial charge in [-0.3, -0.25) is 0 Å². The second-order valence-corrected chi connectivity index (χ2v) is 11.3. The maximum absolute atomic E-state index is 11.0. The zero-order valence-corrected chi connectivity index (χ0v) is 23.7. The van der Waals surface area contributed by atoms with Gasteiger partial charge in [-0.2, -0.15) is 0 Å². The number of hydrogen-bond donors (Lipinski definition) is 0. The van der Waals surface area contributed by atoms with Gasteiger partial charge in [-0.1, -0.05) is 70.7 Å². The third-order valence-electron chi connectivity index (χ3n) is 4.42. The van der Waals surface area contributed by atoms with Crippen LogP contribution in [0, 0.1) is 10.8 Å². The number of fused-ring (bicyclic) bond motifs is 1. The lowest BCUT2D eigenvalue weighted by atomic mass is 10.1. The lowest BCUT2D eigenvalue weighted by Gasteiger charge is -2.14. The van der Waals surface area contributed by atoms with E-state index < -0.39 is 30.0 Å². The Labute approximate surface area is 242 Å². The summed E-state index contributed by atoms with van der Waals surface area (Å²) in [6.45, 7) is 0. The minimum atomic E-state index is -4.74. The Bertz CT molecular complexity index is 1680. The van der Waals surface area contributed by atoms with Gasteiger partial charge < -0.3 is 14.6 Å². The van der Waals surface area contributed by atoms with E-state index in [1.54, 1.807) is 12.1 Å². The lowest BCUT2D eigenvalue weighted by molar-refractivity contribution is 0.461. The quantitative estimate of drug-likeness (QED) is 0.166. The summed E-state index contributed by atoms with van der Waals surface area (Å²) in [6.07, 6.45) is 0. The van der Waals surface area contributed by atoms with Gasteiger partial charge in [0.05, 0.1) is 9.79 Å². The monoisotopic (exact) mass is 650 g/mol. The van der Waals surface area contributed by atoms with Crippen LogP contribution in [-0.4, -0.2) is 31.4 Å². The predicted molar refractivity (Wildman–Crippen MR) is 146 cm³/mol. The highest BCUT2D eigenvalue weighted by molar-refractivity contribution is 7.86.